The lowest BCUT2D eigenvalue weighted by atomic mass is 10.1. The van der Waals surface area contributed by atoms with Gasteiger partial charge in [-0.3, -0.25) is 4.84 Å². The maximum Gasteiger partial charge on any atom is 0.0813 e. The van der Waals surface area contributed by atoms with E-state index in [0.717, 1.165) is 4.47 Å². The van der Waals surface area contributed by atoms with E-state index in [-0.39, 0.29) is 11.6 Å². The SMILES string of the molecule is C[C@@H](NOC(C)(C)C)c1ccc(Br)cc1. The van der Waals surface area contributed by atoms with Crippen molar-refractivity contribution in [3.05, 3.63) is 34.3 Å². The molecule has 1 aromatic rings. The van der Waals surface area contributed by atoms with Crippen molar-refractivity contribution in [2.24, 2.45) is 0 Å². The number of benzene rings is 1. The Bertz CT molecular complexity index is 302. The Morgan fingerprint density at radius 2 is 1.73 bits per heavy atom. The molecule has 0 aliphatic heterocycles. The van der Waals surface area contributed by atoms with Crippen molar-refractivity contribution < 1.29 is 4.84 Å². The highest BCUT2D eigenvalue weighted by Gasteiger charge is 2.13. The summed E-state index contributed by atoms with van der Waals surface area (Å²) in [4.78, 5) is 5.51. The van der Waals surface area contributed by atoms with Crippen LogP contribution in [0.2, 0.25) is 0 Å². The van der Waals surface area contributed by atoms with E-state index in [0.29, 0.717) is 0 Å². The molecule has 0 aliphatic rings. The van der Waals surface area contributed by atoms with E-state index in [1.54, 1.807) is 0 Å². The molecule has 15 heavy (non-hydrogen) atoms. The number of halogens is 1. The maximum absolute atomic E-state index is 5.51. The van der Waals surface area contributed by atoms with Crippen molar-refractivity contribution in [3.63, 3.8) is 0 Å². The van der Waals surface area contributed by atoms with Crippen molar-refractivity contribution in [3.8, 4) is 0 Å². The highest BCUT2D eigenvalue weighted by atomic mass is 79.9. The van der Waals surface area contributed by atoms with Crippen LogP contribution in [-0.4, -0.2) is 5.60 Å². The third-order valence-corrected chi connectivity index (χ3v) is 2.44. The van der Waals surface area contributed by atoms with Gasteiger partial charge < -0.3 is 0 Å². The quantitative estimate of drug-likeness (QED) is 0.844. The summed E-state index contributed by atoms with van der Waals surface area (Å²) in [6.07, 6.45) is 0. The van der Waals surface area contributed by atoms with Gasteiger partial charge in [-0.2, -0.15) is 5.48 Å². The van der Waals surface area contributed by atoms with Crippen LogP contribution in [0.3, 0.4) is 0 Å². The van der Waals surface area contributed by atoms with Crippen LogP contribution in [0.5, 0.6) is 0 Å². The summed E-state index contributed by atoms with van der Waals surface area (Å²) < 4.78 is 1.09. The van der Waals surface area contributed by atoms with Crippen molar-refractivity contribution >= 4 is 15.9 Å². The van der Waals surface area contributed by atoms with Gasteiger partial charge in [-0.25, -0.2) is 0 Å². The van der Waals surface area contributed by atoms with Gasteiger partial charge >= 0.3 is 0 Å². The molecule has 84 valence electrons. The minimum atomic E-state index is -0.163. The van der Waals surface area contributed by atoms with Crippen LogP contribution in [0.25, 0.3) is 0 Å². The van der Waals surface area contributed by atoms with Gasteiger partial charge in [-0.05, 0) is 45.4 Å². The lowest BCUT2D eigenvalue weighted by molar-refractivity contribution is -0.0866. The predicted octanol–water partition coefficient (Wildman–Crippen LogP) is 3.83. The van der Waals surface area contributed by atoms with Crippen molar-refractivity contribution in [2.75, 3.05) is 0 Å². The van der Waals surface area contributed by atoms with E-state index in [4.69, 9.17) is 4.84 Å². The summed E-state index contributed by atoms with van der Waals surface area (Å²) in [5.41, 5.74) is 4.09. The molecule has 1 rings (SSSR count). The first-order valence-electron chi connectivity index (χ1n) is 5.07. The zero-order valence-corrected chi connectivity index (χ0v) is 11.3. The lowest BCUT2D eigenvalue weighted by Crippen LogP contribution is -2.30. The van der Waals surface area contributed by atoms with Crippen LogP contribution in [-0.2, 0) is 4.84 Å². The minimum absolute atomic E-state index is 0.163. The normalized spacial score (nSPS) is 13.9. The fourth-order valence-electron chi connectivity index (χ4n) is 1.08. The van der Waals surface area contributed by atoms with Crippen molar-refractivity contribution in [1.29, 1.82) is 0 Å². The van der Waals surface area contributed by atoms with Crippen LogP contribution in [0.1, 0.15) is 39.3 Å². The second kappa shape index (κ2) is 5.10. The molecule has 0 radical (unpaired) electrons. The lowest BCUT2D eigenvalue weighted by Gasteiger charge is -2.23. The molecule has 0 amide bonds. The van der Waals surface area contributed by atoms with Crippen LogP contribution in [0.4, 0.5) is 0 Å². The molecule has 0 unspecified atom stereocenters. The topological polar surface area (TPSA) is 21.3 Å². The molecular weight excluding hydrogens is 254 g/mol. The van der Waals surface area contributed by atoms with E-state index in [1.807, 2.05) is 32.9 Å². The highest BCUT2D eigenvalue weighted by molar-refractivity contribution is 9.10. The molecule has 1 aromatic carbocycles. The predicted molar refractivity (Wildman–Crippen MR) is 66.5 cm³/mol. The molecule has 2 nitrogen and oxygen atoms in total. The molecule has 1 N–H and O–H groups in total. The fourth-order valence-corrected chi connectivity index (χ4v) is 1.35. The molecule has 0 fully saturated rings. The Hall–Kier alpha value is -0.380. The molecule has 3 heteroatoms. The summed E-state index contributed by atoms with van der Waals surface area (Å²) >= 11 is 3.41. The van der Waals surface area contributed by atoms with Crippen LogP contribution >= 0.6 is 15.9 Å². The fraction of sp³-hybridized carbons (Fsp3) is 0.500. The average Bonchev–Trinajstić information content (AvgIpc) is 2.14. The summed E-state index contributed by atoms with van der Waals surface area (Å²) in [6.45, 7) is 8.14. The van der Waals surface area contributed by atoms with Crippen LogP contribution in [0.15, 0.2) is 28.7 Å². The van der Waals surface area contributed by atoms with E-state index in [2.05, 4.69) is 40.5 Å². The van der Waals surface area contributed by atoms with Gasteiger partial charge in [0.15, 0.2) is 0 Å². The molecule has 0 spiro atoms. The van der Waals surface area contributed by atoms with Gasteiger partial charge in [0.2, 0.25) is 0 Å². The second-order valence-corrected chi connectivity index (χ2v) is 5.52. The van der Waals surface area contributed by atoms with E-state index in [9.17, 15) is 0 Å². The number of hydroxylamine groups is 1. The van der Waals surface area contributed by atoms with Crippen LogP contribution < -0.4 is 5.48 Å². The first-order valence-corrected chi connectivity index (χ1v) is 5.87. The number of hydrogen-bond acceptors (Lipinski definition) is 2. The monoisotopic (exact) mass is 271 g/mol. The summed E-state index contributed by atoms with van der Waals surface area (Å²) in [5, 5.41) is 0. The summed E-state index contributed by atoms with van der Waals surface area (Å²) in [7, 11) is 0. The molecule has 0 heterocycles. The summed E-state index contributed by atoms with van der Waals surface area (Å²) in [5.74, 6) is 0. The smallest absolute Gasteiger partial charge is 0.0813 e. The Labute approximate surface area is 100 Å². The Kier molecular flexibility index (Phi) is 4.32. The largest absolute Gasteiger partial charge is 0.296 e. The molecule has 0 aromatic heterocycles. The van der Waals surface area contributed by atoms with Crippen molar-refractivity contribution in [1.82, 2.24) is 5.48 Å². The maximum atomic E-state index is 5.51. The molecule has 0 saturated carbocycles. The third kappa shape index (κ3) is 4.78. The zero-order valence-electron chi connectivity index (χ0n) is 9.67. The number of rotatable bonds is 3. The second-order valence-electron chi connectivity index (χ2n) is 4.61. The summed E-state index contributed by atoms with van der Waals surface area (Å²) in [6, 6.07) is 8.41. The average molecular weight is 272 g/mol. The first kappa shape index (κ1) is 12.7. The van der Waals surface area contributed by atoms with Gasteiger partial charge in [-0.1, -0.05) is 28.1 Å². The molecule has 0 bridgehead atoms. The van der Waals surface area contributed by atoms with Crippen molar-refractivity contribution in [2.45, 2.75) is 39.3 Å². The van der Waals surface area contributed by atoms with Gasteiger partial charge in [0, 0.05) is 4.47 Å². The van der Waals surface area contributed by atoms with Crippen LogP contribution in [0, 0.1) is 0 Å². The third-order valence-electron chi connectivity index (χ3n) is 1.91. The Balaban J connectivity index is 2.54. The van der Waals surface area contributed by atoms with E-state index >= 15 is 0 Å². The Morgan fingerprint density at radius 1 is 1.20 bits per heavy atom. The number of nitrogens with one attached hydrogen (secondary N) is 1. The van der Waals surface area contributed by atoms with Gasteiger partial charge in [-0.15, -0.1) is 0 Å². The highest BCUT2D eigenvalue weighted by Crippen LogP contribution is 2.17. The minimum Gasteiger partial charge on any atom is -0.296 e. The van der Waals surface area contributed by atoms with Gasteiger partial charge in [0.25, 0.3) is 0 Å². The van der Waals surface area contributed by atoms with Gasteiger partial charge in [0.1, 0.15) is 0 Å². The van der Waals surface area contributed by atoms with Gasteiger partial charge in [0.05, 0.1) is 11.6 Å². The molecule has 0 saturated heterocycles. The van der Waals surface area contributed by atoms with E-state index < -0.39 is 0 Å². The van der Waals surface area contributed by atoms with E-state index in [1.165, 1.54) is 5.56 Å². The Morgan fingerprint density at radius 3 is 2.20 bits per heavy atom. The molecule has 0 aliphatic carbocycles. The zero-order chi connectivity index (χ0) is 11.5. The first-order chi connectivity index (χ1) is 6.88. The molecule has 1 atom stereocenters. The molecular formula is C12H18BrNO. The standard InChI is InChI=1S/C12H18BrNO/c1-9(14-15-12(2,3)4)10-5-7-11(13)8-6-10/h5-9,14H,1-4H3/t9-/m1/s1. The number of hydrogen-bond donors (Lipinski definition) is 1.